The number of allylic oxidation sites excluding steroid dienone is 1. The molecule has 0 N–H and O–H groups in total. The van der Waals surface area contributed by atoms with E-state index >= 15 is 0 Å². The van der Waals surface area contributed by atoms with Crippen molar-refractivity contribution in [1.29, 1.82) is 0 Å². The van der Waals surface area contributed by atoms with Crippen molar-refractivity contribution in [3.8, 4) is 11.5 Å². The topological polar surface area (TPSA) is 0 Å². The van der Waals surface area contributed by atoms with E-state index in [-0.39, 0.29) is 0 Å². The Balaban J connectivity index is 2.95. The summed E-state index contributed by atoms with van der Waals surface area (Å²) in [6, 6.07) is 10.3. The second-order valence-electron chi connectivity index (χ2n) is 5.78. The van der Waals surface area contributed by atoms with Gasteiger partial charge in [0.15, 0.2) is 0 Å². The van der Waals surface area contributed by atoms with Crippen LogP contribution in [-0.4, -0.2) is 8.07 Å². The van der Waals surface area contributed by atoms with Crippen LogP contribution in [-0.2, 0) is 0 Å². The lowest BCUT2D eigenvalue weighted by Crippen LogP contribution is -2.16. The summed E-state index contributed by atoms with van der Waals surface area (Å²) in [6.45, 7) is 9.04. The molecule has 0 aliphatic heterocycles. The van der Waals surface area contributed by atoms with E-state index < -0.39 is 8.07 Å². The number of hydrogen-bond acceptors (Lipinski definition) is 0. The Bertz CT molecular complexity index is 500. The summed E-state index contributed by atoms with van der Waals surface area (Å²) >= 11 is 0. The highest BCUT2D eigenvalue weighted by molar-refractivity contribution is 6.83. The van der Waals surface area contributed by atoms with E-state index in [4.69, 9.17) is 0 Å². The summed E-state index contributed by atoms with van der Waals surface area (Å²) < 4.78 is 0. The van der Waals surface area contributed by atoms with E-state index in [1.54, 1.807) is 0 Å². The van der Waals surface area contributed by atoms with Crippen molar-refractivity contribution in [3.63, 3.8) is 0 Å². The van der Waals surface area contributed by atoms with Gasteiger partial charge in [0.25, 0.3) is 0 Å². The number of unbranched alkanes of at least 4 members (excludes halogenated alkanes) is 1. The van der Waals surface area contributed by atoms with Crippen molar-refractivity contribution in [2.24, 2.45) is 0 Å². The maximum atomic E-state index is 3.44. The van der Waals surface area contributed by atoms with E-state index in [1.165, 1.54) is 18.4 Å². The summed E-state index contributed by atoms with van der Waals surface area (Å²) in [5.74, 6) is 3.35. The van der Waals surface area contributed by atoms with E-state index in [0.29, 0.717) is 0 Å². The largest absolute Gasteiger partial charge is 0.129 e. The molecule has 0 aliphatic carbocycles. The first-order valence-electron chi connectivity index (χ1n) is 7.05. The van der Waals surface area contributed by atoms with E-state index in [0.717, 1.165) is 12.0 Å². The molecule has 0 saturated carbocycles. The fourth-order valence-corrected chi connectivity index (χ4v) is 2.03. The van der Waals surface area contributed by atoms with Crippen molar-refractivity contribution in [3.05, 3.63) is 47.2 Å². The van der Waals surface area contributed by atoms with Gasteiger partial charge < -0.3 is 0 Å². The number of benzene rings is 1. The van der Waals surface area contributed by atoms with Crippen molar-refractivity contribution in [1.82, 2.24) is 0 Å². The summed E-state index contributed by atoms with van der Waals surface area (Å²) in [5.41, 5.74) is 9.15. The van der Waals surface area contributed by atoms with Gasteiger partial charge >= 0.3 is 0 Å². The molecule has 0 saturated heterocycles. The van der Waals surface area contributed by atoms with Gasteiger partial charge in [-0.2, -0.15) is 0 Å². The second-order valence-corrected chi connectivity index (χ2v) is 10.5. The number of rotatable bonds is 4. The van der Waals surface area contributed by atoms with Gasteiger partial charge in [-0.05, 0) is 24.5 Å². The van der Waals surface area contributed by atoms with E-state index in [1.807, 2.05) is 24.3 Å². The highest BCUT2D eigenvalue weighted by Crippen LogP contribution is 2.08. The quantitative estimate of drug-likeness (QED) is 0.395. The van der Waals surface area contributed by atoms with Crippen LogP contribution in [0.4, 0.5) is 0 Å². The van der Waals surface area contributed by atoms with Gasteiger partial charge in [0.05, 0.1) is 0 Å². The Hall–Kier alpha value is -1.48. The Labute approximate surface area is 119 Å². The van der Waals surface area contributed by atoms with Crippen LogP contribution in [0.25, 0.3) is 6.08 Å². The van der Waals surface area contributed by atoms with Crippen LogP contribution in [0.2, 0.25) is 19.6 Å². The average Bonchev–Trinajstić information content (AvgIpc) is 2.38. The van der Waals surface area contributed by atoms with Crippen LogP contribution in [0.5, 0.6) is 0 Å². The minimum atomic E-state index is -1.30. The molecular formula is C18H24Si. The Morgan fingerprint density at radius 2 is 1.84 bits per heavy atom. The molecule has 0 unspecified atom stereocenters. The molecule has 0 radical (unpaired) electrons. The van der Waals surface area contributed by atoms with Gasteiger partial charge in [0.1, 0.15) is 8.07 Å². The Morgan fingerprint density at radius 1 is 1.16 bits per heavy atom. The van der Waals surface area contributed by atoms with Gasteiger partial charge in [0.2, 0.25) is 0 Å². The van der Waals surface area contributed by atoms with Crippen LogP contribution in [0.15, 0.2) is 41.6 Å². The van der Waals surface area contributed by atoms with Gasteiger partial charge in [-0.25, -0.2) is 0 Å². The maximum absolute atomic E-state index is 3.44. The second kappa shape index (κ2) is 7.84. The first-order chi connectivity index (χ1) is 9.01. The molecule has 1 heteroatoms. The molecule has 0 fully saturated rings. The van der Waals surface area contributed by atoms with Gasteiger partial charge in [-0.15, -0.1) is 11.3 Å². The molecule has 0 atom stereocenters. The molecule has 0 amide bonds. The standard InChI is InChI=1S/C18H24Si/c1-5-6-10-18(15-16-19(2,3)4)14-13-17-11-8-7-9-12-17/h7-9,11-13H,5-6,10H2,1-4H3. The van der Waals surface area contributed by atoms with Crippen LogP contribution in [0.1, 0.15) is 31.7 Å². The van der Waals surface area contributed by atoms with Gasteiger partial charge in [-0.3, -0.25) is 0 Å². The van der Waals surface area contributed by atoms with Crippen LogP contribution >= 0.6 is 0 Å². The SMILES string of the molecule is CCCCC(=C=Cc1ccccc1)C#C[Si](C)(C)C. The van der Waals surface area contributed by atoms with Crippen molar-refractivity contribution in [2.45, 2.75) is 45.8 Å². The summed E-state index contributed by atoms with van der Waals surface area (Å²) in [6.07, 6.45) is 5.47. The Kier molecular flexibility index (Phi) is 6.43. The summed E-state index contributed by atoms with van der Waals surface area (Å²) in [5, 5.41) is 0. The molecule has 1 aromatic rings. The fourth-order valence-electron chi connectivity index (χ4n) is 1.51. The van der Waals surface area contributed by atoms with Gasteiger partial charge in [0, 0.05) is 5.57 Å². The first kappa shape index (κ1) is 15.6. The molecule has 1 aromatic carbocycles. The fraction of sp³-hybridized carbons (Fsp3) is 0.389. The summed E-state index contributed by atoms with van der Waals surface area (Å²) in [7, 11) is -1.30. The lowest BCUT2D eigenvalue weighted by Gasteiger charge is -2.03. The minimum Gasteiger partial charge on any atom is -0.126 e. The highest BCUT2D eigenvalue weighted by Gasteiger charge is 2.07. The molecule has 0 aliphatic rings. The molecular weight excluding hydrogens is 244 g/mol. The third-order valence-electron chi connectivity index (χ3n) is 2.58. The molecule has 0 bridgehead atoms. The van der Waals surface area contributed by atoms with Crippen LogP contribution < -0.4 is 0 Å². The zero-order chi connectivity index (χ0) is 14.1. The third kappa shape index (κ3) is 7.52. The highest BCUT2D eigenvalue weighted by atomic mass is 28.3. The lowest BCUT2D eigenvalue weighted by atomic mass is 10.1. The smallest absolute Gasteiger partial charge is 0.126 e. The Morgan fingerprint density at radius 3 is 2.42 bits per heavy atom. The van der Waals surface area contributed by atoms with E-state index in [2.05, 4.69) is 55.9 Å². The van der Waals surface area contributed by atoms with Crippen LogP contribution in [0, 0.1) is 11.5 Å². The van der Waals surface area contributed by atoms with Gasteiger partial charge in [-0.1, -0.05) is 69.2 Å². The zero-order valence-corrected chi connectivity index (χ0v) is 13.6. The minimum absolute atomic E-state index is 1.04. The molecule has 0 spiro atoms. The maximum Gasteiger partial charge on any atom is 0.129 e. The molecule has 0 heterocycles. The van der Waals surface area contributed by atoms with Crippen molar-refractivity contribution < 1.29 is 0 Å². The molecule has 0 aromatic heterocycles. The predicted octanol–water partition coefficient (Wildman–Crippen LogP) is 5.30. The molecule has 0 nitrogen and oxygen atoms in total. The predicted molar refractivity (Wildman–Crippen MR) is 88.6 cm³/mol. The molecule has 19 heavy (non-hydrogen) atoms. The first-order valence-corrected chi connectivity index (χ1v) is 10.5. The zero-order valence-electron chi connectivity index (χ0n) is 12.6. The molecule has 100 valence electrons. The number of hydrogen-bond donors (Lipinski definition) is 0. The third-order valence-corrected chi connectivity index (χ3v) is 3.46. The normalized spacial score (nSPS) is 10.1. The molecule has 1 rings (SSSR count). The van der Waals surface area contributed by atoms with Crippen molar-refractivity contribution in [2.75, 3.05) is 0 Å². The van der Waals surface area contributed by atoms with Crippen LogP contribution in [0.3, 0.4) is 0 Å². The average molecular weight is 268 g/mol. The van der Waals surface area contributed by atoms with Crippen molar-refractivity contribution >= 4 is 14.1 Å². The monoisotopic (exact) mass is 268 g/mol. The van der Waals surface area contributed by atoms with E-state index in [9.17, 15) is 0 Å². The summed E-state index contributed by atoms with van der Waals surface area (Å²) in [4.78, 5) is 0. The lowest BCUT2D eigenvalue weighted by molar-refractivity contribution is 0.802.